The Morgan fingerprint density at radius 2 is 2.15 bits per heavy atom. The van der Waals surface area contributed by atoms with Crippen molar-refractivity contribution in [1.82, 2.24) is 24.6 Å². The van der Waals surface area contributed by atoms with Gasteiger partial charge in [-0.25, -0.2) is 4.98 Å². The predicted octanol–water partition coefficient (Wildman–Crippen LogP) is 2.60. The molecule has 0 fully saturated rings. The molecule has 0 radical (unpaired) electrons. The number of rotatable bonds is 8. The van der Waals surface area contributed by atoms with Crippen molar-refractivity contribution in [3.8, 4) is 0 Å². The van der Waals surface area contributed by atoms with E-state index in [4.69, 9.17) is 0 Å². The van der Waals surface area contributed by atoms with Gasteiger partial charge >= 0.3 is 0 Å². The van der Waals surface area contributed by atoms with Gasteiger partial charge in [-0.15, -0.1) is 0 Å². The van der Waals surface area contributed by atoms with Gasteiger partial charge in [-0.1, -0.05) is 13.8 Å². The van der Waals surface area contributed by atoms with Crippen LogP contribution in [0.5, 0.6) is 0 Å². The van der Waals surface area contributed by atoms with E-state index in [0.717, 1.165) is 44.0 Å². The Labute approximate surface area is 121 Å². The Morgan fingerprint density at radius 1 is 1.30 bits per heavy atom. The van der Waals surface area contributed by atoms with Crippen LogP contribution in [-0.2, 0) is 13.1 Å². The summed E-state index contributed by atoms with van der Waals surface area (Å²) in [6.45, 7) is 9.16. The zero-order valence-corrected chi connectivity index (χ0v) is 12.7. The molecule has 0 aliphatic carbocycles. The van der Waals surface area contributed by atoms with Crippen LogP contribution in [0.3, 0.4) is 0 Å². The summed E-state index contributed by atoms with van der Waals surface area (Å²) >= 11 is 0. The summed E-state index contributed by atoms with van der Waals surface area (Å²) in [6, 6.07) is 2.55. The topological polar surface area (TPSA) is 47.7 Å². The van der Waals surface area contributed by atoms with E-state index < -0.39 is 0 Å². The number of nitrogens with one attached hydrogen (secondary N) is 1. The smallest absolute Gasteiger partial charge is 0.123 e. The van der Waals surface area contributed by atoms with Crippen LogP contribution in [0, 0.1) is 0 Å². The maximum Gasteiger partial charge on any atom is 0.123 e. The normalized spacial score (nSPS) is 12.8. The van der Waals surface area contributed by atoms with E-state index in [1.165, 1.54) is 0 Å². The molecule has 0 saturated carbocycles. The minimum Gasteiger partial charge on any atom is -0.328 e. The molecule has 0 aliphatic rings. The molecule has 1 N–H and O–H groups in total. The summed E-state index contributed by atoms with van der Waals surface area (Å²) in [7, 11) is 0. The maximum atomic E-state index is 4.64. The third-order valence-electron chi connectivity index (χ3n) is 3.55. The SMILES string of the molecule is CCCNCc1nccn1Cc1ccn(C(C)CC)n1. The Bertz CT molecular complexity index is 514. The first-order valence-corrected chi connectivity index (χ1v) is 7.49. The lowest BCUT2D eigenvalue weighted by Crippen LogP contribution is -2.18. The van der Waals surface area contributed by atoms with Crippen LogP contribution in [0.1, 0.15) is 51.2 Å². The minimum atomic E-state index is 0.456. The zero-order chi connectivity index (χ0) is 14.4. The van der Waals surface area contributed by atoms with Crippen molar-refractivity contribution in [3.05, 3.63) is 36.2 Å². The van der Waals surface area contributed by atoms with Crippen molar-refractivity contribution >= 4 is 0 Å². The van der Waals surface area contributed by atoms with Crippen LogP contribution < -0.4 is 5.32 Å². The van der Waals surface area contributed by atoms with Gasteiger partial charge in [0, 0.05) is 24.6 Å². The molecule has 0 spiro atoms. The van der Waals surface area contributed by atoms with Crippen molar-refractivity contribution in [2.45, 2.75) is 52.7 Å². The van der Waals surface area contributed by atoms with Gasteiger partial charge in [-0.3, -0.25) is 4.68 Å². The molecule has 5 nitrogen and oxygen atoms in total. The molecule has 110 valence electrons. The fourth-order valence-electron chi connectivity index (χ4n) is 2.10. The standard InChI is InChI=1S/C15H25N5/c1-4-7-16-11-15-17-8-10-19(15)12-14-6-9-20(18-14)13(3)5-2/h6,8-10,13,16H,4-5,7,11-12H2,1-3H3. The van der Waals surface area contributed by atoms with Gasteiger partial charge in [0.2, 0.25) is 0 Å². The molecule has 2 rings (SSSR count). The highest BCUT2D eigenvalue weighted by Crippen LogP contribution is 2.10. The first-order valence-electron chi connectivity index (χ1n) is 7.49. The van der Waals surface area contributed by atoms with Gasteiger partial charge in [-0.05, 0) is 32.4 Å². The first-order chi connectivity index (χ1) is 9.74. The molecule has 0 amide bonds. The average Bonchev–Trinajstić information content (AvgIpc) is 3.09. The van der Waals surface area contributed by atoms with Crippen LogP contribution in [0.4, 0.5) is 0 Å². The lowest BCUT2D eigenvalue weighted by atomic mass is 10.3. The summed E-state index contributed by atoms with van der Waals surface area (Å²) in [5.41, 5.74) is 1.08. The number of nitrogens with zero attached hydrogens (tertiary/aromatic N) is 4. The van der Waals surface area contributed by atoms with Crippen LogP contribution >= 0.6 is 0 Å². The van der Waals surface area contributed by atoms with Crippen molar-refractivity contribution in [3.63, 3.8) is 0 Å². The second kappa shape index (κ2) is 7.24. The largest absolute Gasteiger partial charge is 0.328 e. The lowest BCUT2D eigenvalue weighted by molar-refractivity contribution is 0.471. The third-order valence-corrected chi connectivity index (χ3v) is 3.55. The summed E-state index contributed by atoms with van der Waals surface area (Å²) in [5, 5.41) is 8.03. The highest BCUT2D eigenvalue weighted by atomic mass is 15.3. The van der Waals surface area contributed by atoms with Crippen LogP contribution in [0.15, 0.2) is 24.7 Å². The van der Waals surface area contributed by atoms with Gasteiger partial charge < -0.3 is 9.88 Å². The Hall–Kier alpha value is -1.62. The molecule has 0 saturated heterocycles. The van der Waals surface area contributed by atoms with Crippen molar-refractivity contribution in [1.29, 1.82) is 0 Å². The third kappa shape index (κ3) is 3.70. The Morgan fingerprint density at radius 3 is 2.90 bits per heavy atom. The molecule has 0 aromatic carbocycles. The van der Waals surface area contributed by atoms with Gasteiger partial charge in [0.25, 0.3) is 0 Å². The Balaban J connectivity index is 1.99. The molecule has 0 aliphatic heterocycles. The molecule has 20 heavy (non-hydrogen) atoms. The zero-order valence-electron chi connectivity index (χ0n) is 12.7. The van der Waals surface area contributed by atoms with Gasteiger partial charge in [0.05, 0.1) is 18.8 Å². The molecule has 0 bridgehead atoms. The van der Waals surface area contributed by atoms with Gasteiger partial charge in [-0.2, -0.15) is 5.10 Å². The average molecular weight is 275 g/mol. The van der Waals surface area contributed by atoms with Crippen molar-refractivity contribution in [2.24, 2.45) is 0 Å². The van der Waals surface area contributed by atoms with Crippen LogP contribution in [0.2, 0.25) is 0 Å². The van der Waals surface area contributed by atoms with E-state index in [2.05, 4.69) is 53.0 Å². The van der Waals surface area contributed by atoms with Crippen LogP contribution in [0.25, 0.3) is 0 Å². The highest BCUT2D eigenvalue weighted by molar-refractivity contribution is 5.04. The summed E-state index contributed by atoms with van der Waals surface area (Å²) in [4.78, 5) is 4.41. The monoisotopic (exact) mass is 275 g/mol. The quantitative estimate of drug-likeness (QED) is 0.753. The number of hydrogen-bond donors (Lipinski definition) is 1. The van der Waals surface area contributed by atoms with E-state index in [9.17, 15) is 0 Å². The van der Waals surface area contributed by atoms with E-state index in [1.807, 2.05) is 17.1 Å². The number of aromatic nitrogens is 4. The summed E-state index contributed by atoms with van der Waals surface area (Å²) in [5.74, 6) is 1.07. The summed E-state index contributed by atoms with van der Waals surface area (Å²) in [6.07, 6.45) is 8.17. The molecule has 1 atom stereocenters. The minimum absolute atomic E-state index is 0.456. The van der Waals surface area contributed by atoms with E-state index >= 15 is 0 Å². The van der Waals surface area contributed by atoms with Crippen LogP contribution in [-0.4, -0.2) is 25.9 Å². The first kappa shape index (κ1) is 14.8. The second-order valence-corrected chi connectivity index (χ2v) is 5.19. The molecular formula is C15H25N5. The molecule has 2 aromatic rings. The Kier molecular flexibility index (Phi) is 5.35. The predicted molar refractivity (Wildman–Crippen MR) is 80.6 cm³/mol. The molecule has 2 heterocycles. The lowest BCUT2D eigenvalue weighted by Gasteiger charge is -2.09. The maximum absolute atomic E-state index is 4.64. The molecule has 5 heteroatoms. The van der Waals surface area contributed by atoms with E-state index in [1.54, 1.807) is 0 Å². The van der Waals surface area contributed by atoms with Crippen molar-refractivity contribution < 1.29 is 0 Å². The number of hydrogen-bond acceptors (Lipinski definition) is 3. The van der Waals surface area contributed by atoms with Crippen molar-refractivity contribution in [2.75, 3.05) is 6.54 Å². The highest BCUT2D eigenvalue weighted by Gasteiger charge is 2.07. The fourth-order valence-corrected chi connectivity index (χ4v) is 2.10. The molecule has 1 unspecified atom stereocenters. The van der Waals surface area contributed by atoms with Gasteiger partial charge in [0.15, 0.2) is 0 Å². The molecular weight excluding hydrogens is 250 g/mol. The van der Waals surface area contributed by atoms with E-state index in [-0.39, 0.29) is 0 Å². The van der Waals surface area contributed by atoms with E-state index in [0.29, 0.717) is 6.04 Å². The number of imidazole rings is 1. The fraction of sp³-hybridized carbons (Fsp3) is 0.600. The second-order valence-electron chi connectivity index (χ2n) is 5.19. The molecule has 2 aromatic heterocycles. The van der Waals surface area contributed by atoms with Gasteiger partial charge in [0.1, 0.15) is 5.82 Å². The summed E-state index contributed by atoms with van der Waals surface area (Å²) < 4.78 is 4.20.